The Bertz CT molecular complexity index is 677. The molecule has 1 N–H and O–H groups in total. The van der Waals surface area contributed by atoms with Crippen LogP contribution in [-0.4, -0.2) is 11.6 Å². The number of aryl methyl sites for hydroxylation is 1. The third-order valence-electron chi connectivity index (χ3n) is 3.36. The number of amides is 1. The van der Waals surface area contributed by atoms with E-state index in [0.29, 0.717) is 10.6 Å². The number of nitrogens with one attached hydrogen (secondary N) is 1. The van der Waals surface area contributed by atoms with Crippen LogP contribution in [0.4, 0.5) is 0 Å². The summed E-state index contributed by atoms with van der Waals surface area (Å²) in [4.78, 5) is 12.0. The van der Waals surface area contributed by atoms with E-state index in [2.05, 4.69) is 16.6 Å². The minimum atomic E-state index is -0.224. The van der Waals surface area contributed by atoms with Crippen LogP contribution in [-0.2, 0) is 6.42 Å². The van der Waals surface area contributed by atoms with E-state index in [4.69, 9.17) is 11.6 Å². The monoisotopic (exact) mass is 284 g/mol. The van der Waals surface area contributed by atoms with Crippen LogP contribution in [0.3, 0.4) is 0 Å². The standard InChI is InChI=1S/C16H13ClN2O/c17-13-8-5-12(6-9-13)16(20)19-18-15-10-7-11-3-1-2-4-14(11)15/h1-6,8-9H,7,10H2,(H,19,20)/b18-15+. The summed E-state index contributed by atoms with van der Waals surface area (Å²) in [7, 11) is 0. The lowest BCUT2D eigenvalue weighted by Gasteiger charge is -2.02. The van der Waals surface area contributed by atoms with Gasteiger partial charge in [-0.2, -0.15) is 5.10 Å². The summed E-state index contributed by atoms with van der Waals surface area (Å²) < 4.78 is 0. The lowest BCUT2D eigenvalue weighted by atomic mass is 10.1. The quantitative estimate of drug-likeness (QED) is 0.844. The van der Waals surface area contributed by atoms with Gasteiger partial charge in [0, 0.05) is 16.1 Å². The maximum atomic E-state index is 12.0. The van der Waals surface area contributed by atoms with E-state index >= 15 is 0 Å². The number of rotatable bonds is 2. The van der Waals surface area contributed by atoms with Crippen LogP contribution in [0.25, 0.3) is 0 Å². The van der Waals surface area contributed by atoms with Crippen molar-refractivity contribution < 1.29 is 4.79 Å². The highest BCUT2D eigenvalue weighted by atomic mass is 35.5. The molecular formula is C16H13ClN2O. The van der Waals surface area contributed by atoms with Crippen LogP contribution in [0.1, 0.15) is 27.9 Å². The second-order valence-electron chi connectivity index (χ2n) is 4.66. The first kappa shape index (κ1) is 12.9. The minimum absolute atomic E-state index is 0.224. The molecule has 0 unspecified atom stereocenters. The summed E-state index contributed by atoms with van der Waals surface area (Å²) >= 11 is 5.79. The zero-order valence-electron chi connectivity index (χ0n) is 10.8. The number of carbonyl (C=O) groups is 1. The fraction of sp³-hybridized carbons (Fsp3) is 0.125. The highest BCUT2D eigenvalue weighted by Crippen LogP contribution is 2.21. The topological polar surface area (TPSA) is 41.5 Å². The Morgan fingerprint density at radius 3 is 2.60 bits per heavy atom. The van der Waals surface area contributed by atoms with Crippen molar-refractivity contribution in [1.29, 1.82) is 0 Å². The van der Waals surface area contributed by atoms with E-state index in [-0.39, 0.29) is 5.91 Å². The second-order valence-corrected chi connectivity index (χ2v) is 5.10. The molecule has 0 radical (unpaired) electrons. The Morgan fingerprint density at radius 1 is 1.05 bits per heavy atom. The summed E-state index contributed by atoms with van der Waals surface area (Å²) in [6, 6.07) is 14.9. The molecule has 0 bridgehead atoms. The molecule has 2 aromatic carbocycles. The fourth-order valence-corrected chi connectivity index (χ4v) is 2.43. The summed E-state index contributed by atoms with van der Waals surface area (Å²) in [5.41, 5.74) is 6.50. The van der Waals surface area contributed by atoms with Crippen molar-refractivity contribution in [2.45, 2.75) is 12.8 Å². The fourth-order valence-electron chi connectivity index (χ4n) is 2.31. The molecule has 4 heteroatoms. The molecule has 100 valence electrons. The van der Waals surface area contributed by atoms with Gasteiger partial charge in [0.15, 0.2) is 0 Å². The predicted octanol–water partition coefficient (Wildman–Crippen LogP) is 3.42. The third-order valence-corrected chi connectivity index (χ3v) is 3.61. The Labute approximate surface area is 122 Å². The first-order valence-electron chi connectivity index (χ1n) is 6.45. The molecular weight excluding hydrogens is 272 g/mol. The molecule has 0 saturated carbocycles. The molecule has 1 aliphatic carbocycles. The maximum absolute atomic E-state index is 12.0. The zero-order valence-corrected chi connectivity index (χ0v) is 11.5. The van der Waals surface area contributed by atoms with Gasteiger partial charge in [-0.3, -0.25) is 4.79 Å². The van der Waals surface area contributed by atoms with Gasteiger partial charge in [-0.25, -0.2) is 5.43 Å². The van der Waals surface area contributed by atoms with Gasteiger partial charge in [0.25, 0.3) is 5.91 Å². The van der Waals surface area contributed by atoms with Gasteiger partial charge < -0.3 is 0 Å². The van der Waals surface area contributed by atoms with Crippen molar-refractivity contribution in [3.05, 3.63) is 70.2 Å². The van der Waals surface area contributed by atoms with Crippen molar-refractivity contribution in [2.75, 3.05) is 0 Å². The summed E-state index contributed by atoms with van der Waals surface area (Å²) in [5.74, 6) is -0.224. The predicted molar refractivity (Wildman–Crippen MR) is 80.2 cm³/mol. The number of halogens is 1. The van der Waals surface area contributed by atoms with E-state index < -0.39 is 0 Å². The molecule has 0 aliphatic heterocycles. The number of fused-ring (bicyclic) bond motifs is 1. The number of hydrogen-bond acceptors (Lipinski definition) is 2. The summed E-state index contributed by atoms with van der Waals surface area (Å²) in [6.07, 6.45) is 1.84. The first-order chi connectivity index (χ1) is 9.74. The number of carbonyl (C=O) groups excluding carboxylic acids is 1. The van der Waals surface area contributed by atoms with E-state index in [0.717, 1.165) is 24.1 Å². The summed E-state index contributed by atoms with van der Waals surface area (Å²) in [6.45, 7) is 0. The maximum Gasteiger partial charge on any atom is 0.271 e. The zero-order chi connectivity index (χ0) is 13.9. The van der Waals surface area contributed by atoms with Gasteiger partial charge in [-0.05, 0) is 42.7 Å². The number of nitrogens with zero attached hydrogens (tertiary/aromatic N) is 1. The van der Waals surface area contributed by atoms with Gasteiger partial charge in [0.05, 0.1) is 5.71 Å². The molecule has 3 nitrogen and oxygen atoms in total. The normalized spacial score (nSPS) is 15.2. The van der Waals surface area contributed by atoms with E-state index in [1.165, 1.54) is 5.56 Å². The molecule has 1 aliphatic rings. The molecule has 2 aromatic rings. The summed E-state index contributed by atoms with van der Waals surface area (Å²) in [5, 5.41) is 4.86. The highest BCUT2D eigenvalue weighted by Gasteiger charge is 2.17. The van der Waals surface area contributed by atoms with Crippen molar-refractivity contribution in [3.63, 3.8) is 0 Å². The lowest BCUT2D eigenvalue weighted by Crippen LogP contribution is -2.19. The molecule has 0 atom stereocenters. The van der Waals surface area contributed by atoms with E-state index in [1.807, 2.05) is 18.2 Å². The van der Waals surface area contributed by atoms with E-state index in [9.17, 15) is 4.79 Å². The van der Waals surface area contributed by atoms with Gasteiger partial charge in [0.1, 0.15) is 0 Å². The van der Waals surface area contributed by atoms with Crippen molar-refractivity contribution in [2.24, 2.45) is 5.10 Å². The first-order valence-corrected chi connectivity index (χ1v) is 6.82. The van der Waals surface area contributed by atoms with Crippen molar-refractivity contribution >= 4 is 23.2 Å². The SMILES string of the molecule is O=C(N/N=C1\CCc2ccccc21)c1ccc(Cl)cc1. The molecule has 20 heavy (non-hydrogen) atoms. The van der Waals surface area contributed by atoms with Crippen molar-refractivity contribution in [3.8, 4) is 0 Å². The second kappa shape index (κ2) is 5.47. The molecule has 0 fully saturated rings. The minimum Gasteiger partial charge on any atom is -0.267 e. The van der Waals surface area contributed by atoms with Crippen LogP contribution >= 0.6 is 11.6 Å². The lowest BCUT2D eigenvalue weighted by molar-refractivity contribution is 0.0955. The van der Waals surface area contributed by atoms with Crippen LogP contribution in [0.15, 0.2) is 53.6 Å². The van der Waals surface area contributed by atoms with Gasteiger partial charge in [-0.15, -0.1) is 0 Å². The van der Waals surface area contributed by atoms with E-state index in [1.54, 1.807) is 24.3 Å². The molecule has 0 spiro atoms. The van der Waals surface area contributed by atoms with Crippen LogP contribution in [0.2, 0.25) is 5.02 Å². The van der Waals surface area contributed by atoms with Crippen LogP contribution < -0.4 is 5.43 Å². The van der Waals surface area contributed by atoms with Gasteiger partial charge in [0.2, 0.25) is 0 Å². The molecule has 0 saturated heterocycles. The Kier molecular flexibility index (Phi) is 3.52. The highest BCUT2D eigenvalue weighted by molar-refractivity contribution is 6.30. The number of hydrogen-bond donors (Lipinski definition) is 1. The molecule has 0 aromatic heterocycles. The number of hydrazone groups is 1. The Hall–Kier alpha value is -2.13. The van der Waals surface area contributed by atoms with Gasteiger partial charge >= 0.3 is 0 Å². The average Bonchev–Trinajstić information content (AvgIpc) is 2.89. The Balaban J connectivity index is 1.75. The largest absolute Gasteiger partial charge is 0.271 e. The smallest absolute Gasteiger partial charge is 0.267 e. The van der Waals surface area contributed by atoms with Crippen molar-refractivity contribution in [1.82, 2.24) is 5.43 Å². The van der Waals surface area contributed by atoms with Crippen LogP contribution in [0.5, 0.6) is 0 Å². The molecule has 3 rings (SSSR count). The van der Waals surface area contributed by atoms with Crippen LogP contribution in [0, 0.1) is 0 Å². The molecule has 1 amide bonds. The third kappa shape index (κ3) is 2.58. The average molecular weight is 285 g/mol. The number of benzene rings is 2. The Morgan fingerprint density at radius 2 is 1.80 bits per heavy atom. The van der Waals surface area contributed by atoms with Gasteiger partial charge in [-0.1, -0.05) is 35.9 Å². The molecule has 0 heterocycles.